The van der Waals surface area contributed by atoms with Gasteiger partial charge in [-0.25, -0.2) is 0 Å². The van der Waals surface area contributed by atoms with Gasteiger partial charge in [0.2, 0.25) is 0 Å². The van der Waals surface area contributed by atoms with Crippen LogP contribution in [-0.2, 0) is 28.8 Å². The van der Waals surface area contributed by atoms with Crippen LogP contribution in [0.15, 0.2) is 140 Å². The van der Waals surface area contributed by atoms with E-state index in [0.717, 1.165) is 0 Å². The topological polar surface area (TPSA) is 0 Å². The monoisotopic (exact) mass is 814 g/mol. The molecule has 8 rings (SSSR count). The van der Waals surface area contributed by atoms with Gasteiger partial charge < -0.3 is 14.9 Å². The molecule has 0 nitrogen and oxygen atoms in total. The fraction of sp³-hybridized carbons (Fsp3) is 0.167. The van der Waals surface area contributed by atoms with Gasteiger partial charge in [0, 0.05) is 0 Å². The van der Waals surface area contributed by atoms with Gasteiger partial charge >= 0.3 is 30.2 Å². The second-order valence-corrected chi connectivity index (χ2v) is 14.1. The molecule has 0 amide bonds. The van der Waals surface area contributed by atoms with Crippen LogP contribution in [0, 0.1) is 21.8 Å². The van der Waals surface area contributed by atoms with Gasteiger partial charge in [0.15, 0.2) is 0 Å². The summed E-state index contributed by atoms with van der Waals surface area (Å²) in [6.07, 6.45) is 0. The molecule has 0 saturated heterocycles. The van der Waals surface area contributed by atoms with Crippen LogP contribution in [0.1, 0.15) is 57.2 Å². The minimum absolute atomic E-state index is 0. The molecule has 0 atom stereocenters. The number of hydrogen-bond donors (Lipinski definition) is 0. The summed E-state index contributed by atoms with van der Waals surface area (Å²) in [7, 11) is 0. The first-order valence-electron chi connectivity index (χ1n) is 16.8. The summed E-state index contributed by atoms with van der Waals surface area (Å²) in [6, 6.07) is 51.1. The van der Waals surface area contributed by atoms with Gasteiger partial charge in [0.25, 0.3) is 0 Å². The second-order valence-electron chi connectivity index (χ2n) is 14.1. The first-order chi connectivity index (χ1) is 23.2. The summed E-state index contributed by atoms with van der Waals surface area (Å²) in [6.45, 7) is 16.6. The molecule has 4 heteroatoms. The van der Waals surface area contributed by atoms with Gasteiger partial charge in [-0.1, -0.05) is 150 Å². The SMILES string of the molecule is CC(C)c1cc2c(-c3cccc4ccccc34)cccc2[cH-]1.Cc1cc2c(-c3cccc4ccccc34)ccc(C(C)(C)C)c2[cH-]1.Cl.Cl.[CH3-].[CH3-].[Si]=[Zr]. The minimum atomic E-state index is 0. The van der Waals surface area contributed by atoms with Gasteiger partial charge in [-0.05, 0) is 44.0 Å². The molecule has 0 unspecified atom stereocenters. The third kappa shape index (κ3) is 9.09. The van der Waals surface area contributed by atoms with Gasteiger partial charge in [0.1, 0.15) is 0 Å². The molecule has 268 valence electrons. The zero-order valence-electron chi connectivity index (χ0n) is 31.7. The molecular weight excluding hydrogens is 767 g/mol. The number of benzene rings is 6. The van der Waals surface area contributed by atoms with E-state index in [0.29, 0.717) is 5.92 Å². The van der Waals surface area contributed by atoms with E-state index in [1.165, 1.54) is 105 Å². The molecule has 0 aromatic heterocycles. The molecule has 0 saturated carbocycles. The van der Waals surface area contributed by atoms with E-state index in [1.54, 1.807) is 0 Å². The van der Waals surface area contributed by atoms with Crippen molar-refractivity contribution in [2.24, 2.45) is 0 Å². The summed E-state index contributed by atoms with van der Waals surface area (Å²) in [5.74, 6) is 0.563. The Labute approximate surface area is 341 Å². The van der Waals surface area contributed by atoms with Crippen molar-refractivity contribution in [1.82, 2.24) is 0 Å². The van der Waals surface area contributed by atoms with Gasteiger partial charge in [-0.15, -0.1) is 93.4 Å². The van der Waals surface area contributed by atoms with E-state index in [1.807, 2.05) is 0 Å². The molecule has 8 aromatic rings. The van der Waals surface area contributed by atoms with Crippen molar-refractivity contribution in [2.75, 3.05) is 0 Å². The van der Waals surface area contributed by atoms with Crippen LogP contribution < -0.4 is 0 Å². The van der Waals surface area contributed by atoms with Gasteiger partial charge in [-0.3, -0.25) is 0 Å². The molecular formula is C48H50Cl2SiZr-4. The van der Waals surface area contributed by atoms with Crippen molar-refractivity contribution in [2.45, 2.75) is 52.9 Å². The van der Waals surface area contributed by atoms with Crippen molar-refractivity contribution < 1.29 is 23.3 Å². The maximum absolute atomic E-state index is 3.06. The van der Waals surface area contributed by atoms with E-state index in [4.69, 9.17) is 0 Å². The van der Waals surface area contributed by atoms with Gasteiger partial charge in [0.05, 0.1) is 0 Å². The Morgan fingerprint density at radius 2 is 1.00 bits per heavy atom. The van der Waals surface area contributed by atoms with Crippen LogP contribution in [0.25, 0.3) is 65.3 Å². The van der Waals surface area contributed by atoms with Crippen LogP contribution in [0.5, 0.6) is 0 Å². The molecule has 0 fully saturated rings. The fourth-order valence-corrected chi connectivity index (χ4v) is 7.08. The summed E-state index contributed by atoms with van der Waals surface area (Å²) in [4.78, 5) is 0. The number of halogens is 2. The van der Waals surface area contributed by atoms with E-state index >= 15 is 0 Å². The molecule has 0 aliphatic carbocycles. The number of rotatable bonds is 3. The predicted octanol–water partition coefficient (Wildman–Crippen LogP) is 14.8. The summed E-state index contributed by atoms with van der Waals surface area (Å²) < 4.78 is 0. The molecule has 0 aliphatic rings. The van der Waals surface area contributed by atoms with E-state index in [9.17, 15) is 0 Å². The Hall–Kier alpha value is -3.26. The number of hydrogen-bond acceptors (Lipinski definition) is 0. The first kappa shape index (κ1) is 44.9. The van der Waals surface area contributed by atoms with Crippen LogP contribution in [-0.4, -0.2) is 6.88 Å². The maximum atomic E-state index is 3.06. The Bertz CT molecular complexity index is 2360. The Balaban J connectivity index is 0.000000321. The van der Waals surface area contributed by atoms with Gasteiger partial charge in [-0.2, -0.15) is 12.1 Å². The van der Waals surface area contributed by atoms with E-state index in [-0.39, 0.29) is 45.1 Å². The second kappa shape index (κ2) is 19.2. The van der Waals surface area contributed by atoms with E-state index in [2.05, 4.69) is 188 Å². The third-order valence-corrected chi connectivity index (χ3v) is 9.44. The van der Waals surface area contributed by atoms with Crippen LogP contribution in [0.3, 0.4) is 0 Å². The number of aryl methyl sites for hydroxylation is 1. The average molecular weight is 817 g/mol. The zero-order chi connectivity index (χ0) is 34.0. The average Bonchev–Trinajstić information content (AvgIpc) is 3.72. The molecule has 0 aliphatic heterocycles. The van der Waals surface area contributed by atoms with Crippen molar-refractivity contribution in [3.63, 3.8) is 0 Å². The third-order valence-electron chi connectivity index (χ3n) is 9.44. The van der Waals surface area contributed by atoms with Crippen LogP contribution in [0.4, 0.5) is 0 Å². The van der Waals surface area contributed by atoms with Crippen molar-refractivity contribution in [3.8, 4) is 22.3 Å². The molecule has 0 heterocycles. The molecule has 0 bridgehead atoms. The Kier molecular flexibility index (Phi) is 16.6. The fourth-order valence-electron chi connectivity index (χ4n) is 7.08. The number of fused-ring (bicyclic) bond motifs is 4. The zero-order valence-corrected chi connectivity index (χ0v) is 36.8. The van der Waals surface area contributed by atoms with Crippen LogP contribution in [0.2, 0.25) is 0 Å². The molecule has 0 N–H and O–H groups in total. The standard InChI is InChI=1S/C24H23.C22H19.2CH3.2ClH.Si.Zr/c1-16-14-21-20(12-13-23(22(21)15-16)24(2,3)4)19-11-7-9-17-8-5-6-10-18(17)19;1-15(2)18-13-17-9-6-12-21(22(17)14-18)20-11-5-8-16-7-3-4-10-19(16)20;;;;;;/h5-15H,1-4H3;3-15H,1-2H3;2*1H3;2*1H;;/q4*-1;;;;. The Morgan fingerprint density at radius 3 is 1.52 bits per heavy atom. The predicted molar refractivity (Wildman–Crippen MR) is 236 cm³/mol. The molecule has 0 spiro atoms. The Morgan fingerprint density at radius 1 is 0.538 bits per heavy atom. The van der Waals surface area contributed by atoms with Crippen molar-refractivity contribution in [3.05, 3.63) is 171 Å². The summed E-state index contributed by atoms with van der Waals surface area (Å²) in [5.41, 5.74) is 9.65. The quantitative estimate of drug-likeness (QED) is 0.123. The summed E-state index contributed by atoms with van der Waals surface area (Å²) >= 11 is 1.36. The van der Waals surface area contributed by atoms with Crippen molar-refractivity contribution in [1.29, 1.82) is 0 Å². The molecule has 52 heavy (non-hydrogen) atoms. The van der Waals surface area contributed by atoms with Crippen molar-refractivity contribution >= 4 is 74.8 Å². The van der Waals surface area contributed by atoms with Crippen LogP contribution >= 0.6 is 24.8 Å². The van der Waals surface area contributed by atoms with E-state index < -0.39 is 0 Å². The molecule has 8 aromatic carbocycles. The molecule has 2 radical (unpaired) electrons. The normalized spacial score (nSPS) is 10.6. The first-order valence-corrected chi connectivity index (χ1v) is 21.0. The summed E-state index contributed by atoms with van der Waals surface area (Å²) in [5, 5.41) is 10.7.